The molecule has 3 rings (SSSR count). The second-order valence-corrected chi connectivity index (χ2v) is 9.57. The minimum Gasteiger partial charge on any atom is -0.480 e. The van der Waals surface area contributed by atoms with Crippen LogP contribution >= 0.6 is 0 Å². The molecular weight excluding hydrogens is 388 g/mol. The fourth-order valence-electron chi connectivity index (χ4n) is 4.52. The van der Waals surface area contributed by atoms with Crippen molar-refractivity contribution in [1.29, 1.82) is 0 Å². The maximum Gasteiger partial charge on any atom is 0.320 e. The summed E-state index contributed by atoms with van der Waals surface area (Å²) >= 11 is 0. The first kappa shape index (κ1) is 23.0. The number of carbonyl (C=O) groups excluding carboxylic acids is 1. The Morgan fingerprint density at radius 1 is 1.06 bits per heavy atom. The maximum absolute atomic E-state index is 12.8. The van der Waals surface area contributed by atoms with Gasteiger partial charge in [-0.25, -0.2) is 0 Å². The van der Waals surface area contributed by atoms with Crippen LogP contribution < -0.4 is 11.1 Å². The van der Waals surface area contributed by atoms with Gasteiger partial charge in [0.05, 0.1) is 0 Å². The molecule has 4 N–H and O–H groups in total. The van der Waals surface area contributed by atoms with Gasteiger partial charge in [0, 0.05) is 18.0 Å². The summed E-state index contributed by atoms with van der Waals surface area (Å²) in [6.07, 6.45) is 5.04. The number of carbonyl (C=O) groups is 2. The number of carboxylic acids is 1. The van der Waals surface area contributed by atoms with Crippen molar-refractivity contribution in [2.45, 2.75) is 57.9 Å². The Labute approximate surface area is 185 Å². The molecule has 5 heteroatoms. The van der Waals surface area contributed by atoms with Crippen molar-refractivity contribution in [1.82, 2.24) is 5.32 Å². The number of carboxylic acid groups (broad SMARTS) is 1. The fourth-order valence-corrected chi connectivity index (χ4v) is 4.52. The van der Waals surface area contributed by atoms with Gasteiger partial charge in [0.2, 0.25) is 0 Å². The molecule has 1 saturated carbocycles. The third-order valence-electron chi connectivity index (χ3n) is 6.65. The summed E-state index contributed by atoms with van der Waals surface area (Å²) in [6, 6.07) is 16.6. The zero-order chi connectivity index (χ0) is 22.4. The molecule has 1 aliphatic rings. The van der Waals surface area contributed by atoms with Crippen LogP contribution in [0.3, 0.4) is 0 Å². The maximum atomic E-state index is 12.8. The Kier molecular flexibility index (Phi) is 7.50. The van der Waals surface area contributed by atoms with E-state index in [1.807, 2.05) is 6.07 Å². The minimum atomic E-state index is -1.03. The summed E-state index contributed by atoms with van der Waals surface area (Å²) in [6.45, 7) is 5.30. The van der Waals surface area contributed by atoms with E-state index in [0.717, 1.165) is 5.56 Å². The third kappa shape index (κ3) is 6.41. The number of hydrogen-bond acceptors (Lipinski definition) is 3. The quantitative estimate of drug-likeness (QED) is 0.589. The summed E-state index contributed by atoms with van der Waals surface area (Å²) in [5.41, 5.74) is 8.66. The molecule has 0 aliphatic heterocycles. The average molecular weight is 423 g/mol. The van der Waals surface area contributed by atoms with Crippen LogP contribution in [0.5, 0.6) is 0 Å². The largest absolute Gasteiger partial charge is 0.480 e. The highest BCUT2D eigenvalue weighted by atomic mass is 16.4. The van der Waals surface area contributed by atoms with Crippen LogP contribution in [0.1, 0.15) is 66.9 Å². The molecule has 1 aliphatic carbocycles. The fraction of sp³-hybridized carbons (Fsp3) is 0.462. The van der Waals surface area contributed by atoms with Crippen molar-refractivity contribution in [2.24, 2.45) is 17.1 Å². The smallest absolute Gasteiger partial charge is 0.320 e. The lowest BCUT2D eigenvalue weighted by Gasteiger charge is -2.38. The number of benzene rings is 2. The van der Waals surface area contributed by atoms with Crippen LogP contribution in [0.4, 0.5) is 0 Å². The van der Waals surface area contributed by atoms with Crippen LogP contribution in [0.25, 0.3) is 0 Å². The van der Waals surface area contributed by atoms with Gasteiger partial charge in [0.25, 0.3) is 5.91 Å². The number of nitrogens with two attached hydrogens (primary N) is 1. The van der Waals surface area contributed by atoms with E-state index in [0.29, 0.717) is 29.4 Å². The van der Waals surface area contributed by atoms with E-state index in [4.69, 9.17) is 10.8 Å². The van der Waals surface area contributed by atoms with Crippen LogP contribution in [0, 0.1) is 11.3 Å². The van der Waals surface area contributed by atoms with E-state index >= 15 is 0 Å². The minimum absolute atomic E-state index is 0.105. The van der Waals surface area contributed by atoms with Crippen LogP contribution in [0.2, 0.25) is 0 Å². The normalized spacial score (nSPS) is 18.2. The zero-order valence-electron chi connectivity index (χ0n) is 18.5. The lowest BCUT2D eigenvalue weighted by atomic mass is 9.68. The second-order valence-electron chi connectivity index (χ2n) is 9.57. The summed E-state index contributed by atoms with van der Waals surface area (Å²) in [7, 11) is 0. The summed E-state index contributed by atoms with van der Waals surface area (Å²) in [4.78, 5) is 23.7. The molecule has 166 valence electrons. The Hall–Kier alpha value is -2.66. The van der Waals surface area contributed by atoms with Gasteiger partial charge in [-0.2, -0.15) is 0 Å². The van der Waals surface area contributed by atoms with Crippen molar-refractivity contribution >= 4 is 11.9 Å². The van der Waals surface area contributed by atoms with E-state index in [-0.39, 0.29) is 12.3 Å². The Morgan fingerprint density at radius 2 is 1.68 bits per heavy atom. The van der Waals surface area contributed by atoms with Gasteiger partial charge in [0.15, 0.2) is 0 Å². The highest BCUT2D eigenvalue weighted by Crippen LogP contribution is 2.43. The number of rotatable bonds is 8. The standard InChI is InChI=1S/C26H34N2O3/c1-26(2)14-12-20(13-15-26)22(19-6-4-3-5-7-19)17-28-24(29)21-10-8-18(9-11-21)16-23(27)25(30)31/h3-11,20,22-23H,12-17,27H2,1-2H3,(H,28,29)(H,30,31)/t22-,23-/m0/s1. The van der Waals surface area contributed by atoms with Gasteiger partial charge < -0.3 is 16.2 Å². The van der Waals surface area contributed by atoms with E-state index in [1.165, 1.54) is 31.2 Å². The highest BCUT2D eigenvalue weighted by Gasteiger charge is 2.32. The van der Waals surface area contributed by atoms with E-state index in [2.05, 4.69) is 43.4 Å². The van der Waals surface area contributed by atoms with Crippen molar-refractivity contribution in [2.75, 3.05) is 6.54 Å². The number of aliphatic carboxylic acids is 1. The molecule has 2 aromatic carbocycles. The van der Waals surface area contributed by atoms with Crippen molar-refractivity contribution in [3.8, 4) is 0 Å². The molecule has 0 saturated heterocycles. The highest BCUT2D eigenvalue weighted by molar-refractivity contribution is 5.94. The molecule has 1 fully saturated rings. The number of amides is 1. The summed E-state index contributed by atoms with van der Waals surface area (Å²) in [5.74, 6) is -0.268. The van der Waals surface area contributed by atoms with Crippen molar-refractivity contribution < 1.29 is 14.7 Å². The SMILES string of the molecule is CC1(C)CCC([C@@H](CNC(=O)c2ccc(C[C@H](N)C(=O)O)cc2)c2ccccc2)CC1. The molecular formula is C26H34N2O3. The number of nitrogens with one attached hydrogen (secondary N) is 1. The monoisotopic (exact) mass is 422 g/mol. The van der Waals surface area contributed by atoms with Gasteiger partial charge in [-0.3, -0.25) is 9.59 Å². The first-order valence-corrected chi connectivity index (χ1v) is 11.2. The van der Waals surface area contributed by atoms with Gasteiger partial charge in [-0.05, 0) is 66.7 Å². The molecule has 0 heterocycles. The van der Waals surface area contributed by atoms with Gasteiger partial charge in [-0.15, -0.1) is 0 Å². The zero-order valence-corrected chi connectivity index (χ0v) is 18.5. The molecule has 2 aromatic rings. The van der Waals surface area contributed by atoms with Gasteiger partial charge in [-0.1, -0.05) is 56.3 Å². The molecule has 1 amide bonds. The molecule has 0 bridgehead atoms. The predicted octanol–water partition coefficient (Wildman–Crippen LogP) is 4.37. The van der Waals surface area contributed by atoms with E-state index in [9.17, 15) is 9.59 Å². The lowest BCUT2D eigenvalue weighted by molar-refractivity contribution is -0.138. The van der Waals surface area contributed by atoms with Crippen LogP contribution in [-0.2, 0) is 11.2 Å². The molecule has 0 aromatic heterocycles. The first-order valence-electron chi connectivity index (χ1n) is 11.2. The summed E-state index contributed by atoms with van der Waals surface area (Å²) in [5, 5.41) is 12.1. The van der Waals surface area contributed by atoms with Crippen LogP contribution in [-0.4, -0.2) is 29.6 Å². The average Bonchev–Trinajstić information content (AvgIpc) is 2.76. The Morgan fingerprint density at radius 3 is 2.26 bits per heavy atom. The molecule has 5 nitrogen and oxygen atoms in total. The molecule has 0 spiro atoms. The van der Waals surface area contributed by atoms with E-state index in [1.54, 1.807) is 24.3 Å². The summed E-state index contributed by atoms with van der Waals surface area (Å²) < 4.78 is 0. The topological polar surface area (TPSA) is 92.4 Å². The second kappa shape index (κ2) is 10.1. The van der Waals surface area contributed by atoms with Gasteiger partial charge in [0.1, 0.15) is 6.04 Å². The number of hydrogen-bond donors (Lipinski definition) is 3. The van der Waals surface area contributed by atoms with Crippen LogP contribution in [0.15, 0.2) is 54.6 Å². The van der Waals surface area contributed by atoms with Gasteiger partial charge >= 0.3 is 5.97 Å². The Bertz CT molecular complexity index is 867. The lowest BCUT2D eigenvalue weighted by Crippen LogP contribution is -2.34. The molecule has 31 heavy (non-hydrogen) atoms. The first-order chi connectivity index (χ1) is 14.7. The van der Waals surface area contributed by atoms with Crippen molar-refractivity contribution in [3.05, 3.63) is 71.3 Å². The third-order valence-corrected chi connectivity index (χ3v) is 6.65. The Balaban J connectivity index is 1.64. The van der Waals surface area contributed by atoms with Crippen molar-refractivity contribution in [3.63, 3.8) is 0 Å². The predicted molar refractivity (Wildman–Crippen MR) is 123 cm³/mol. The molecule has 2 atom stereocenters. The molecule has 0 radical (unpaired) electrons. The van der Waals surface area contributed by atoms with E-state index < -0.39 is 12.0 Å². The molecule has 0 unspecified atom stereocenters.